The summed E-state index contributed by atoms with van der Waals surface area (Å²) < 4.78 is 11.3. The fraction of sp³-hybridized carbons (Fsp3) is 0.467. The van der Waals surface area contributed by atoms with Crippen molar-refractivity contribution in [2.75, 3.05) is 13.1 Å². The normalized spacial score (nSPS) is 11.9. The van der Waals surface area contributed by atoms with E-state index in [0.29, 0.717) is 53.5 Å². The number of hydrogen-bond acceptors (Lipinski definition) is 6. The average Bonchev–Trinajstić information content (AvgIpc) is 2.84. The van der Waals surface area contributed by atoms with Crippen LogP contribution in [0.1, 0.15) is 77.2 Å². The second-order valence-corrected chi connectivity index (χ2v) is 10.5. The van der Waals surface area contributed by atoms with Crippen molar-refractivity contribution in [3.05, 3.63) is 77.0 Å². The molecular formula is C30H43ClN2O5. The van der Waals surface area contributed by atoms with Gasteiger partial charge < -0.3 is 25.2 Å². The quantitative estimate of drug-likeness (QED) is 0.262. The zero-order valence-corrected chi connectivity index (χ0v) is 24.4. The Morgan fingerprint density at radius 2 is 1.37 bits per heavy atom. The highest BCUT2D eigenvalue weighted by Gasteiger charge is 2.24. The molecule has 38 heavy (non-hydrogen) atoms. The molecule has 8 heteroatoms. The van der Waals surface area contributed by atoms with Crippen LogP contribution < -0.4 is 15.4 Å². The smallest absolute Gasteiger partial charge is 0.407 e. The van der Waals surface area contributed by atoms with Gasteiger partial charge in [-0.05, 0) is 96.0 Å². The first-order valence-electron chi connectivity index (χ1n) is 12.9. The Balaban J connectivity index is 0.00000352. The lowest BCUT2D eigenvalue weighted by Crippen LogP contribution is -2.38. The van der Waals surface area contributed by atoms with Crippen LogP contribution in [0, 0.1) is 0 Å². The molecule has 2 aromatic rings. The van der Waals surface area contributed by atoms with Crippen LogP contribution in [0.3, 0.4) is 0 Å². The van der Waals surface area contributed by atoms with E-state index in [1.165, 1.54) is 0 Å². The van der Waals surface area contributed by atoms with Crippen LogP contribution in [0.15, 0.2) is 60.8 Å². The molecule has 0 heterocycles. The van der Waals surface area contributed by atoms with Crippen LogP contribution in [0.25, 0.3) is 0 Å². The van der Waals surface area contributed by atoms with Gasteiger partial charge in [-0.25, -0.2) is 4.79 Å². The van der Waals surface area contributed by atoms with E-state index in [1.54, 1.807) is 69.3 Å². The van der Waals surface area contributed by atoms with Crippen LogP contribution in [0.5, 0.6) is 5.75 Å². The lowest BCUT2D eigenvalue weighted by Gasteiger charge is -2.30. The molecule has 210 valence electrons. The summed E-state index contributed by atoms with van der Waals surface area (Å²) in [4.78, 5) is 24.3. The monoisotopic (exact) mass is 546 g/mol. The highest BCUT2D eigenvalue weighted by atomic mass is 35.5. The molecule has 0 saturated carbocycles. The van der Waals surface area contributed by atoms with E-state index < -0.39 is 23.4 Å². The Morgan fingerprint density at radius 3 is 1.87 bits per heavy atom. The number of benzene rings is 2. The van der Waals surface area contributed by atoms with Gasteiger partial charge in [-0.3, -0.25) is 4.79 Å². The third-order valence-corrected chi connectivity index (χ3v) is 5.54. The van der Waals surface area contributed by atoms with Crippen molar-refractivity contribution in [2.45, 2.75) is 78.6 Å². The number of hydrogen-bond donors (Lipinski definition) is 3. The number of halogens is 1. The Morgan fingerprint density at radius 1 is 0.895 bits per heavy atom. The number of carbonyl (C=O) groups is 2. The number of carbonyl (C=O) groups excluding carboxylic acids is 2. The summed E-state index contributed by atoms with van der Waals surface area (Å²) in [6, 6.07) is 13.7. The molecule has 0 aromatic heterocycles. The largest absolute Gasteiger partial charge is 0.482 e. The van der Waals surface area contributed by atoms with E-state index >= 15 is 0 Å². The van der Waals surface area contributed by atoms with E-state index in [-0.39, 0.29) is 5.78 Å². The third-order valence-electron chi connectivity index (χ3n) is 5.28. The van der Waals surface area contributed by atoms with Gasteiger partial charge in [0.1, 0.15) is 17.0 Å². The number of rotatable bonds is 12. The second kappa shape index (κ2) is 15.4. The molecule has 1 atom stereocenters. The first kappa shape index (κ1) is 33.0. The highest BCUT2D eigenvalue weighted by molar-refractivity contribution is 6.30. The zero-order chi connectivity index (χ0) is 28.9. The number of ether oxygens (including phenoxy) is 2. The molecule has 2 aromatic carbocycles. The van der Waals surface area contributed by atoms with Crippen molar-refractivity contribution in [2.24, 2.45) is 0 Å². The van der Waals surface area contributed by atoms with Crippen molar-refractivity contribution in [1.29, 1.82) is 0 Å². The maximum Gasteiger partial charge on any atom is 0.407 e. The van der Waals surface area contributed by atoms with Crippen molar-refractivity contribution in [3.8, 4) is 5.75 Å². The number of aliphatic hydroxyl groups is 1. The van der Waals surface area contributed by atoms with Gasteiger partial charge in [-0.2, -0.15) is 0 Å². The first-order valence-corrected chi connectivity index (χ1v) is 13.3. The summed E-state index contributed by atoms with van der Waals surface area (Å²) in [5, 5.41) is 16.6. The SMILES string of the molecule is C=C(NCCC(O)CCNC(=O)OC(C)(C)C)C(C)(C)Oc1ccc(C(=O)c2ccc(Cl)cc2)cc1.CC. The minimum atomic E-state index is -0.731. The Hall–Kier alpha value is -3.03. The Labute approximate surface area is 232 Å². The van der Waals surface area contributed by atoms with Gasteiger partial charge in [-0.1, -0.05) is 32.0 Å². The molecule has 0 aliphatic heterocycles. The second-order valence-electron chi connectivity index (χ2n) is 10.0. The molecule has 1 amide bonds. The number of aliphatic hydroxyl groups excluding tert-OH is 1. The number of ketones is 1. The van der Waals surface area contributed by atoms with Crippen molar-refractivity contribution in [1.82, 2.24) is 10.6 Å². The molecule has 0 aliphatic rings. The van der Waals surface area contributed by atoms with Gasteiger partial charge in [0, 0.05) is 34.9 Å². The predicted molar refractivity (Wildman–Crippen MR) is 154 cm³/mol. The van der Waals surface area contributed by atoms with Gasteiger partial charge in [0.25, 0.3) is 0 Å². The standard InChI is InChI=1S/C28H37ClN2O5.C2H6/c1-19(30-17-15-23(32)16-18-31-26(34)36-27(2,3)4)28(5,6)35-24-13-9-21(10-14-24)25(33)20-7-11-22(29)12-8-20;1-2/h7-14,23,30,32H,1,15-18H2,2-6H3,(H,31,34);1-2H3. The van der Waals surface area contributed by atoms with Crippen molar-refractivity contribution >= 4 is 23.5 Å². The third kappa shape index (κ3) is 12.0. The minimum Gasteiger partial charge on any atom is -0.482 e. The average molecular weight is 547 g/mol. The van der Waals surface area contributed by atoms with Crippen LogP contribution >= 0.6 is 11.6 Å². The fourth-order valence-electron chi connectivity index (χ4n) is 3.20. The van der Waals surface area contributed by atoms with Crippen molar-refractivity contribution in [3.63, 3.8) is 0 Å². The number of alkyl carbamates (subject to hydrolysis) is 1. The molecule has 0 aliphatic carbocycles. The summed E-state index contributed by atoms with van der Waals surface area (Å²) in [6.45, 7) is 18.0. The highest BCUT2D eigenvalue weighted by Crippen LogP contribution is 2.24. The summed E-state index contributed by atoms with van der Waals surface area (Å²) in [5.41, 5.74) is 0.482. The lowest BCUT2D eigenvalue weighted by molar-refractivity contribution is 0.0517. The van der Waals surface area contributed by atoms with Crippen LogP contribution in [-0.2, 0) is 4.74 Å². The van der Waals surface area contributed by atoms with E-state index in [0.717, 1.165) is 0 Å². The molecule has 0 spiro atoms. The Bertz CT molecular complexity index is 1030. The van der Waals surface area contributed by atoms with E-state index in [4.69, 9.17) is 21.1 Å². The van der Waals surface area contributed by atoms with Gasteiger partial charge in [0.15, 0.2) is 5.78 Å². The maximum absolute atomic E-state index is 12.6. The van der Waals surface area contributed by atoms with Crippen LogP contribution in [0.4, 0.5) is 4.79 Å². The summed E-state index contributed by atoms with van der Waals surface area (Å²) in [7, 11) is 0. The number of amides is 1. The van der Waals surface area contributed by atoms with Gasteiger partial charge >= 0.3 is 6.09 Å². The van der Waals surface area contributed by atoms with Crippen LogP contribution in [-0.4, -0.2) is 47.4 Å². The fourth-order valence-corrected chi connectivity index (χ4v) is 3.33. The molecule has 1 unspecified atom stereocenters. The van der Waals surface area contributed by atoms with E-state index in [1.807, 2.05) is 27.7 Å². The molecule has 0 radical (unpaired) electrons. The molecule has 2 rings (SSSR count). The maximum atomic E-state index is 12.6. The van der Waals surface area contributed by atoms with Gasteiger partial charge in [-0.15, -0.1) is 0 Å². The molecule has 7 nitrogen and oxygen atoms in total. The molecular weight excluding hydrogens is 504 g/mol. The van der Waals surface area contributed by atoms with Crippen molar-refractivity contribution < 1.29 is 24.2 Å². The summed E-state index contributed by atoms with van der Waals surface area (Å²) in [5.74, 6) is 0.507. The molecule has 0 bridgehead atoms. The molecule has 0 saturated heterocycles. The summed E-state index contributed by atoms with van der Waals surface area (Å²) in [6.07, 6.45) is -0.196. The first-order chi connectivity index (χ1) is 17.8. The summed E-state index contributed by atoms with van der Waals surface area (Å²) >= 11 is 5.89. The minimum absolute atomic E-state index is 0.0941. The zero-order valence-electron chi connectivity index (χ0n) is 23.7. The van der Waals surface area contributed by atoms with E-state index in [9.17, 15) is 14.7 Å². The topological polar surface area (TPSA) is 96.9 Å². The molecule has 3 N–H and O–H groups in total. The van der Waals surface area contributed by atoms with Crippen LogP contribution in [0.2, 0.25) is 5.02 Å². The predicted octanol–water partition coefficient (Wildman–Crippen LogP) is 6.52. The number of nitrogens with one attached hydrogen (secondary N) is 2. The lowest BCUT2D eigenvalue weighted by atomic mass is 10.0. The Kier molecular flexibility index (Phi) is 13.4. The molecule has 0 fully saturated rings. The van der Waals surface area contributed by atoms with Gasteiger partial charge in [0.05, 0.1) is 6.10 Å². The van der Waals surface area contributed by atoms with Gasteiger partial charge in [0.2, 0.25) is 0 Å². The van der Waals surface area contributed by atoms with E-state index in [2.05, 4.69) is 17.2 Å².